The SMILES string of the molecule is CN(C)CC1(COc2nc(OCC(F)(F)F)c3ccc(Br)c(F)c3n2)CC1. The molecule has 1 saturated carbocycles. The fourth-order valence-corrected chi connectivity index (χ4v) is 3.15. The Balaban J connectivity index is 1.89. The number of hydrogen-bond acceptors (Lipinski definition) is 5. The van der Waals surface area contributed by atoms with Crippen molar-refractivity contribution in [1.29, 1.82) is 0 Å². The van der Waals surface area contributed by atoms with Gasteiger partial charge in [-0.15, -0.1) is 0 Å². The molecular weight excluding hydrogens is 434 g/mol. The summed E-state index contributed by atoms with van der Waals surface area (Å²) in [6, 6.07) is 2.55. The molecule has 0 N–H and O–H groups in total. The first-order chi connectivity index (χ1) is 12.6. The molecular formula is C17H18BrF4N3O2. The first-order valence-electron chi connectivity index (χ1n) is 8.21. The van der Waals surface area contributed by atoms with Gasteiger partial charge in [0, 0.05) is 12.0 Å². The molecule has 1 fully saturated rings. The molecule has 0 unspecified atom stereocenters. The van der Waals surface area contributed by atoms with Gasteiger partial charge in [0.25, 0.3) is 0 Å². The highest BCUT2D eigenvalue weighted by molar-refractivity contribution is 9.10. The molecule has 1 heterocycles. The van der Waals surface area contributed by atoms with Crippen molar-refractivity contribution in [2.24, 2.45) is 5.41 Å². The summed E-state index contributed by atoms with van der Waals surface area (Å²) in [6.45, 7) is -0.441. The third-order valence-electron chi connectivity index (χ3n) is 4.19. The molecule has 1 aromatic carbocycles. The fourth-order valence-electron chi connectivity index (χ4n) is 2.83. The first kappa shape index (κ1) is 20.1. The van der Waals surface area contributed by atoms with Crippen LogP contribution in [0, 0.1) is 11.2 Å². The molecule has 0 bridgehead atoms. The minimum Gasteiger partial charge on any atom is -0.467 e. The van der Waals surface area contributed by atoms with Gasteiger partial charge in [-0.05, 0) is 55.0 Å². The normalized spacial score (nSPS) is 16.0. The van der Waals surface area contributed by atoms with Crippen LogP contribution >= 0.6 is 15.9 Å². The summed E-state index contributed by atoms with van der Waals surface area (Å²) in [5.74, 6) is -1.08. The van der Waals surface area contributed by atoms with E-state index in [1.54, 1.807) is 0 Å². The maximum atomic E-state index is 14.4. The first-order valence-corrected chi connectivity index (χ1v) is 9.01. The summed E-state index contributed by atoms with van der Waals surface area (Å²) in [5.41, 5.74) is -0.200. The van der Waals surface area contributed by atoms with Crippen LogP contribution in [0.5, 0.6) is 11.9 Å². The molecule has 2 aromatic rings. The molecule has 3 rings (SSSR count). The summed E-state index contributed by atoms with van der Waals surface area (Å²) in [6.07, 6.45) is -2.61. The Morgan fingerprint density at radius 1 is 1.19 bits per heavy atom. The molecule has 1 aliphatic rings. The van der Waals surface area contributed by atoms with Crippen LogP contribution in [0.25, 0.3) is 10.9 Å². The van der Waals surface area contributed by atoms with Gasteiger partial charge in [-0.3, -0.25) is 0 Å². The number of alkyl halides is 3. The van der Waals surface area contributed by atoms with E-state index in [0.29, 0.717) is 6.61 Å². The van der Waals surface area contributed by atoms with Crippen molar-refractivity contribution in [2.75, 3.05) is 33.9 Å². The Bertz CT molecular complexity index is 841. The van der Waals surface area contributed by atoms with Gasteiger partial charge in [0.15, 0.2) is 12.4 Å². The standard InChI is InChI=1S/C17H18BrF4N3O2/c1-25(2)7-16(5-6-16)8-27-15-23-13-10(3-4-11(18)12(13)19)14(24-15)26-9-17(20,21)22/h3-4H,5-9H2,1-2H3. The van der Waals surface area contributed by atoms with Gasteiger partial charge in [0.05, 0.1) is 16.5 Å². The van der Waals surface area contributed by atoms with Crippen molar-refractivity contribution in [1.82, 2.24) is 14.9 Å². The lowest BCUT2D eigenvalue weighted by atomic mass is 10.1. The minimum atomic E-state index is -4.55. The van der Waals surface area contributed by atoms with Gasteiger partial charge in [-0.25, -0.2) is 4.39 Å². The Hall–Kier alpha value is -1.68. The lowest BCUT2D eigenvalue weighted by Gasteiger charge is -2.20. The molecule has 0 spiro atoms. The van der Waals surface area contributed by atoms with Crippen molar-refractivity contribution in [2.45, 2.75) is 19.0 Å². The van der Waals surface area contributed by atoms with Crippen LogP contribution in [0.4, 0.5) is 17.6 Å². The molecule has 0 saturated heterocycles. The summed E-state index contributed by atoms with van der Waals surface area (Å²) in [5, 5.41) is 0.0433. The molecule has 0 atom stereocenters. The van der Waals surface area contributed by atoms with E-state index in [9.17, 15) is 17.6 Å². The van der Waals surface area contributed by atoms with Crippen LogP contribution in [0.1, 0.15) is 12.8 Å². The van der Waals surface area contributed by atoms with Crippen LogP contribution in [0.3, 0.4) is 0 Å². The Labute approximate surface area is 161 Å². The molecule has 1 aromatic heterocycles. The highest BCUT2D eigenvalue weighted by Gasteiger charge is 2.44. The number of halogens is 5. The van der Waals surface area contributed by atoms with E-state index >= 15 is 0 Å². The molecule has 1 aliphatic carbocycles. The van der Waals surface area contributed by atoms with Gasteiger partial charge in [0.1, 0.15) is 5.52 Å². The monoisotopic (exact) mass is 451 g/mol. The second-order valence-electron chi connectivity index (χ2n) is 7.00. The molecule has 27 heavy (non-hydrogen) atoms. The highest BCUT2D eigenvalue weighted by Crippen LogP contribution is 2.46. The Morgan fingerprint density at radius 2 is 1.89 bits per heavy atom. The van der Waals surface area contributed by atoms with Crippen molar-refractivity contribution >= 4 is 26.8 Å². The number of benzene rings is 1. The van der Waals surface area contributed by atoms with Crippen molar-refractivity contribution in [3.8, 4) is 11.9 Å². The zero-order valence-corrected chi connectivity index (χ0v) is 16.3. The zero-order chi connectivity index (χ0) is 19.8. The summed E-state index contributed by atoms with van der Waals surface area (Å²) in [7, 11) is 3.89. The third kappa shape index (κ3) is 4.98. The fraction of sp³-hybridized carbons (Fsp3) is 0.529. The van der Waals surface area contributed by atoms with Crippen LogP contribution in [0.2, 0.25) is 0 Å². The van der Waals surface area contributed by atoms with Gasteiger partial charge >= 0.3 is 12.2 Å². The average molecular weight is 452 g/mol. The highest BCUT2D eigenvalue weighted by atomic mass is 79.9. The third-order valence-corrected chi connectivity index (χ3v) is 4.81. The van der Waals surface area contributed by atoms with Crippen LogP contribution in [0.15, 0.2) is 16.6 Å². The Kier molecular flexibility index (Phi) is 5.49. The molecule has 5 nitrogen and oxygen atoms in total. The van der Waals surface area contributed by atoms with Crippen molar-refractivity contribution in [3.05, 3.63) is 22.4 Å². The van der Waals surface area contributed by atoms with Crippen molar-refractivity contribution in [3.63, 3.8) is 0 Å². The summed E-state index contributed by atoms with van der Waals surface area (Å²) in [4.78, 5) is 10.0. The second-order valence-corrected chi connectivity index (χ2v) is 7.85. The van der Waals surface area contributed by atoms with E-state index in [2.05, 4.69) is 25.9 Å². The molecule has 10 heteroatoms. The number of hydrogen-bond donors (Lipinski definition) is 0. The molecule has 0 aliphatic heterocycles. The topological polar surface area (TPSA) is 47.5 Å². The maximum absolute atomic E-state index is 14.4. The molecule has 0 radical (unpaired) electrons. The van der Waals surface area contributed by atoms with E-state index in [1.807, 2.05) is 19.0 Å². The van der Waals surface area contributed by atoms with E-state index in [4.69, 9.17) is 9.47 Å². The smallest absolute Gasteiger partial charge is 0.422 e. The predicted octanol–water partition coefficient (Wildman–Crippen LogP) is 4.19. The van der Waals surface area contributed by atoms with E-state index < -0.39 is 18.6 Å². The number of aromatic nitrogens is 2. The van der Waals surface area contributed by atoms with Gasteiger partial charge in [-0.2, -0.15) is 23.1 Å². The predicted molar refractivity (Wildman–Crippen MR) is 94.5 cm³/mol. The van der Waals surface area contributed by atoms with E-state index in [0.717, 1.165) is 19.4 Å². The van der Waals surface area contributed by atoms with Crippen molar-refractivity contribution < 1.29 is 27.0 Å². The lowest BCUT2D eigenvalue weighted by Crippen LogP contribution is -2.28. The largest absolute Gasteiger partial charge is 0.467 e. The molecule has 0 amide bonds. The number of ether oxygens (including phenoxy) is 2. The average Bonchev–Trinajstić information content (AvgIpc) is 3.33. The lowest BCUT2D eigenvalue weighted by molar-refractivity contribution is -0.153. The van der Waals surface area contributed by atoms with E-state index in [-0.39, 0.29) is 32.7 Å². The van der Waals surface area contributed by atoms with Gasteiger partial charge in [0.2, 0.25) is 5.88 Å². The van der Waals surface area contributed by atoms with Gasteiger partial charge < -0.3 is 14.4 Å². The summed E-state index contributed by atoms with van der Waals surface area (Å²) < 4.78 is 62.5. The second kappa shape index (κ2) is 7.38. The molecule has 148 valence electrons. The quantitative estimate of drug-likeness (QED) is 0.590. The van der Waals surface area contributed by atoms with Crippen LogP contribution < -0.4 is 9.47 Å². The van der Waals surface area contributed by atoms with Gasteiger partial charge in [-0.1, -0.05) is 0 Å². The zero-order valence-electron chi connectivity index (χ0n) is 14.7. The maximum Gasteiger partial charge on any atom is 0.422 e. The minimum absolute atomic E-state index is 0.0371. The van der Waals surface area contributed by atoms with Crippen LogP contribution in [-0.2, 0) is 0 Å². The van der Waals surface area contributed by atoms with E-state index in [1.165, 1.54) is 12.1 Å². The Morgan fingerprint density at radius 3 is 2.48 bits per heavy atom. The summed E-state index contributed by atoms with van der Waals surface area (Å²) >= 11 is 3.04. The number of nitrogens with zero attached hydrogens (tertiary/aromatic N) is 3. The van der Waals surface area contributed by atoms with Crippen LogP contribution in [-0.4, -0.2) is 54.9 Å². The number of rotatable bonds is 7. The number of fused-ring (bicyclic) bond motifs is 1.